The molecule has 0 spiro atoms. The number of benzene rings is 2. The first-order valence-electron chi connectivity index (χ1n) is 6.64. The Morgan fingerprint density at radius 3 is 2.52 bits per heavy atom. The zero-order valence-electron chi connectivity index (χ0n) is 11.7. The van der Waals surface area contributed by atoms with Gasteiger partial charge < -0.3 is 9.84 Å². The molecular formula is C17H16BrNO2. The number of nitrogens with zero attached hydrogens (tertiary/aromatic N) is 1. The van der Waals surface area contributed by atoms with E-state index in [1.165, 1.54) is 0 Å². The average molecular weight is 346 g/mol. The fraction of sp³-hybridized carbons (Fsp3) is 0.235. The molecule has 0 aliphatic heterocycles. The molecule has 0 radical (unpaired) electrons. The van der Waals surface area contributed by atoms with Crippen molar-refractivity contribution in [1.29, 1.82) is 5.26 Å². The third kappa shape index (κ3) is 4.32. The second kappa shape index (κ2) is 6.75. The normalized spacial score (nSPS) is 13.2. The summed E-state index contributed by atoms with van der Waals surface area (Å²) < 4.78 is 6.70. The van der Waals surface area contributed by atoms with Crippen LogP contribution in [0.2, 0.25) is 0 Å². The molecule has 0 aliphatic rings. The van der Waals surface area contributed by atoms with E-state index in [0.717, 1.165) is 15.8 Å². The first-order valence-corrected chi connectivity index (χ1v) is 7.44. The number of ether oxygens (including phenoxy) is 1. The summed E-state index contributed by atoms with van der Waals surface area (Å²) in [6.07, 6.45) is 0.735. The van der Waals surface area contributed by atoms with E-state index >= 15 is 0 Å². The maximum Gasteiger partial charge on any atom is 0.128 e. The van der Waals surface area contributed by atoms with Gasteiger partial charge >= 0.3 is 0 Å². The van der Waals surface area contributed by atoms with Crippen LogP contribution in [-0.4, -0.2) is 5.11 Å². The second-order valence-corrected chi connectivity index (χ2v) is 5.93. The van der Waals surface area contributed by atoms with Crippen molar-refractivity contribution in [3.63, 3.8) is 0 Å². The summed E-state index contributed by atoms with van der Waals surface area (Å²) in [4.78, 5) is 0. The Labute approximate surface area is 132 Å². The highest BCUT2D eigenvalue weighted by Crippen LogP contribution is 2.29. The van der Waals surface area contributed by atoms with E-state index in [-0.39, 0.29) is 0 Å². The summed E-state index contributed by atoms with van der Waals surface area (Å²) in [5, 5.41) is 19.0. The number of aliphatic hydroxyl groups is 1. The van der Waals surface area contributed by atoms with E-state index in [1.807, 2.05) is 48.5 Å². The summed E-state index contributed by atoms with van der Waals surface area (Å²) in [7, 11) is 0. The Morgan fingerprint density at radius 1 is 1.19 bits per heavy atom. The lowest BCUT2D eigenvalue weighted by molar-refractivity contribution is 0.0492. The van der Waals surface area contributed by atoms with Crippen LogP contribution in [0.4, 0.5) is 0 Å². The summed E-state index contributed by atoms with van der Waals surface area (Å²) in [5.41, 5.74) is -0.219. The average Bonchev–Trinajstić information content (AvgIpc) is 2.46. The van der Waals surface area contributed by atoms with Gasteiger partial charge in [-0.2, -0.15) is 5.26 Å². The minimum Gasteiger partial charge on any atom is -0.457 e. The highest BCUT2D eigenvalue weighted by atomic mass is 79.9. The zero-order chi connectivity index (χ0) is 15.3. The molecule has 108 valence electrons. The van der Waals surface area contributed by atoms with Gasteiger partial charge in [0, 0.05) is 10.9 Å². The Balaban J connectivity index is 2.10. The summed E-state index contributed by atoms with van der Waals surface area (Å²) in [6.45, 7) is 1.72. The third-order valence-corrected chi connectivity index (χ3v) is 3.72. The fourth-order valence-corrected chi connectivity index (χ4v) is 2.37. The smallest absolute Gasteiger partial charge is 0.128 e. The molecular weight excluding hydrogens is 330 g/mol. The van der Waals surface area contributed by atoms with Crippen molar-refractivity contribution in [3.8, 4) is 17.6 Å². The Morgan fingerprint density at radius 2 is 1.90 bits per heavy atom. The van der Waals surface area contributed by atoms with Crippen molar-refractivity contribution in [2.75, 3.05) is 0 Å². The fourth-order valence-electron chi connectivity index (χ4n) is 1.99. The van der Waals surface area contributed by atoms with Gasteiger partial charge in [0.2, 0.25) is 0 Å². The molecule has 3 nitrogen and oxygen atoms in total. The first-order chi connectivity index (χ1) is 10.0. The van der Waals surface area contributed by atoms with E-state index in [4.69, 9.17) is 10.00 Å². The van der Waals surface area contributed by atoms with Gasteiger partial charge in [0.25, 0.3) is 0 Å². The molecule has 4 heteroatoms. The first kappa shape index (κ1) is 15.6. The van der Waals surface area contributed by atoms with Gasteiger partial charge in [0.15, 0.2) is 0 Å². The Kier molecular flexibility index (Phi) is 5.00. The van der Waals surface area contributed by atoms with E-state index < -0.39 is 5.60 Å². The molecule has 1 unspecified atom stereocenters. The van der Waals surface area contributed by atoms with Gasteiger partial charge in [-0.15, -0.1) is 0 Å². The lowest BCUT2D eigenvalue weighted by Gasteiger charge is -2.22. The predicted octanol–water partition coefficient (Wildman–Crippen LogP) is 4.75. The monoisotopic (exact) mass is 345 g/mol. The quantitative estimate of drug-likeness (QED) is 0.850. The van der Waals surface area contributed by atoms with Gasteiger partial charge in [-0.1, -0.05) is 34.1 Å². The van der Waals surface area contributed by atoms with Crippen LogP contribution in [0.5, 0.6) is 11.5 Å². The minimum atomic E-state index is -0.996. The molecule has 0 aromatic heterocycles. The third-order valence-electron chi connectivity index (χ3n) is 3.23. The molecule has 2 rings (SSSR count). The van der Waals surface area contributed by atoms with Crippen LogP contribution in [0.25, 0.3) is 0 Å². The lowest BCUT2D eigenvalue weighted by Crippen LogP contribution is -2.20. The van der Waals surface area contributed by atoms with Gasteiger partial charge in [0.05, 0.1) is 11.7 Å². The van der Waals surface area contributed by atoms with Crippen molar-refractivity contribution < 1.29 is 9.84 Å². The predicted molar refractivity (Wildman–Crippen MR) is 85.1 cm³/mol. The number of halogens is 1. The molecule has 0 bridgehead atoms. The molecule has 2 aromatic carbocycles. The van der Waals surface area contributed by atoms with Crippen LogP contribution < -0.4 is 4.74 Å². The Hall–Kier alpha value is -1.83. The van der Waals surface area contributed by atoms with Gasteiger partial charge in [-0.05, 0) is 49.2 Å². The zero-order valence-corrected chi connectivity index (χ0v) is 13.3. The molecule has 0 heterocycles. The molecule has 21 heavy (non-hydrogen) atoms. The maximum absolute atomic E-state index is 10.3. The molecule has 0 saturated carbocycles. The standard InChI is InChI=1S/C17H16BrNO2/c1-17(20,10-3-11-19)13-6-8-15(9-7-13)21-16-5-2-4-14(18)12-16/h2,4-9,12,20H,3,10H2,1H3. The van der Waals surface area contributed by atoms with E-state index in [9.17, 15) is 5.11 Å². The van der Waals surface area contributed by atoms with Crippen LogP contribution in [0.1, 0.15) is 25.3 Å². The molecule has 2 aromatic rings. The number of hydrogen-bond donors (Lipinski definition) is 1. The second-order valence-electron chi connectivity index (χ2n) is 5.02. The van der Waals surface area contributed by atoms with Gasteiger partial charge in [-0.3, -0.25) is 0 Å². The molecule has 1 atom stereocenters. The number of nitriles is 1. The Bertz CT molecular complexity index is 645. The van der Waals surface area contributed by atoms with Crippen LogP contribution in [0.15, 0.2) is 53.0 Å². The largest absolute Gasteiger partial charge is 0.457 e. The van der Waals surface area contributed by atoms with Gasteiger partial charge in [-0.25, -0.2) is 0 Å². The van der Waals surface area contributed by atoms with Crippen molar-refractivity contribution in [2.45, 2.75) is 25.4 Å². The van der Waals surface area contributed by atoms with Crippen LogP contribution in [-0.2, 0) is 5.60 Å². The minimum absolute atomic E-state index is 0.323. The van der Waals surface area contributed by atoms with Crippen LogP contribution in [0.3, 0.4) is 0 Å². The van der Waals surface area contributed by atoms with Crippen molar-refractivity contribution in [3.05, 3.63) is 58.6 Å². The van der Waals surface area contributed by atoms with Gasteiger partial charge in [0.1, 0.15) is 11.5 Å². The van der Waals surface area contributed by atoms with Crippen molar-refractivity contribution in [1.82, 2.24) is 0 Å². The molecule has 0 amide bonds. The summed E-state index contributed by atoms with van der Waals surface area (Å²) in [5.74, 6) is 1.45. The van der Waals surface area contributed by atoms with Crippen LogP contribution in [0, 0.1) is 11.3 Å². The highest BCUT2D eigenvalue weighted by Gasteiger charge is 2.22. The van der Waals surface area contributed by atoms with E-state index in [0.29, 0.717) is 18.6 Å². The number of rotatable bonds is 5. The summed E-state index contributed by atoms with van der Waals surface area (Å²) >= 11 is 3.40. The van der Waals surface area contributed by atoms with Crippen LogP contribution >= 0.6 is 15.9 Å². The summed E-state index contributed by atoms with van der Waals surface area (Å²) in [6, 6.07) is 16.9. The maximum atomic E-state index is 10.3. The highest BCUT2D eigenvalue weighted by molar-refractivity contribution is 9.10. The molecule has 1 N–H and O–H groups in total. The van der Waals surface area contributed by atoms with Crippen molar-refractivity contribution in [2.24, 2.45) is 0 Å². The van der Waals surface area contributed by atoms with E-state index in [1.54, 1.807) is 6.92 Å². The molecule has 0 fully saturated rings. The SMILES string of the molecule is CC(O)(CCC#N)c1ccc(Oc2cccc(Br)c2)cc1. The number of hydrogen-bond acceptors (Lipinski definition) is 3. The topological polar surface area (TPSA) is 53.2 Å². The van der Waals surface area contributed by atoms with Crippen molar-refractivity contribution >= 4 is 15.9 Å². The molecule has 0 aliphatic carbocycles. The molecule has 0 saturated heterocycles. The van der Waals surface area contributed by atoms with E-state index in [2.05, 4.69) is 22.0 Å². The lowest BCUT2D eigenvalue weighted by atomic mass is 9.91.